The van der Waals surface area contributed by atoms with Crippen LogP contribution < -0.4 is 15.4 Å². The number of urea groups is 1. The Morgan fingerprint density at radius 1 is 1.06 bits per heavy atom. The van der Waals surface area contributed by atoms with E-state index in [2.05, 4.69) is 10.6 Å². The Bertz CT molecular complexity index is 1160. The van der Waals surface area contributed by atoms with Crippen LogP contribution >= 0.6 is 0 Å². The van der Waals surface area contributed by atoms with Gasteiger partial charge in [0.15, 0.2) is 0 Å². The number of likely N-dealkylation sites (tertiary alicyclic amines) is 1. The van der Waals surface area contributed by atoms with Crippen LogP contribution in [0.1, 0.15) is 68.7 Å². The van der Waals surface area contributed by atoms with Crippen LogP contribution in [0.4, 0.5) is 10.5 Å². The highest BCUT2D eigenvalue weighted by Crippen LogP contribution is 2.41. The molecular weight excluding hydrogens is 458 g/mol. The average molecular weight is 494 g/mol. The summed E-state index contributed by atoms with van der Waals surface area (Å²) in [4.78, 5) is 41.0. The molecule has 1 heterocycles. The van der Waals surface area contributed by atoms with Gasteiger partial charge in [0.1, 0.15) is 17.4 Å². The highest BCUT2D eigenvalue weighted by atomic mass is 16.6. The summed E-state index contributed by atoms with van der Waals surface area (Å²) < 4.78 is 11.0. The summed E-state index contributed by atoms with van der Waals surface area (Å²) in [6.07, 6.45) is 1.73. The SMILES string of the molecule is COc1ccc(C)cc1NC(=O)C1CCCN1C(=O)NC1CC(C(=O)OC(C)(C)C)c2ccccc21. The lowest BCUT2D eigenvalue weighted by molar-refractivity contribution is -0.156. The molecule has 0 bridgehead atoms. The van der Waals surface area contributed by atoms with Crippen molar-refractivity contribution in [3.05, 3.63) is 59.2 Å². The number of esters is 1. The third-order valence-electron chi connectivity index (χ3n) is 6.64. The van der Waals surface area contributed by atoms with Crippen LogP contribution in [0.2, 0.25) is 0 Å². The predicted octanol–water partition coefficient (Wildman–Crippen LogP) is 4.69. The molecule has 2 aliphatic rings. The van der Waals surface area contributed by atoms with Gasteiger partial charge in [0, 0.05) is 6.54 Å². The summed E-state index contributed by atoms with van der Waals surface area (Å²) in [7, 11) is 1.56. The number of methoxy groups -OCH3 is 1. The number of aryl methyl sites for hydroxylation is 1. The molecule has 1 aliphatic carbocycles. The van der Waals surface area contributed by atoms with E-state index in [1.807, 2.05) is 70.2 Å². The lowest BCUT2D eigenvalue weighted by Gasteiger charge is -2.27. The van der Waals surface area contributed by atoms with Gasteiger partial charge >= 0.3 is 12.0 Å². The number of benzene rings is 2. The lowest BCUT2D eigenvalue weighted by atomic mass is 10.0. The van der Waals surface area contributed by atoms with Gasteiger partial charge in [0.25, 0.3) is 0 Å². The standard InChI is InChI=1S/C28H35N3O5/c1-17-12-13-24(35-5)22(15-17)29-25(32)23-11-8-14-31(23)27(34)30-21-16-20(26(33)36-28(2,3)4)18-9-6-7-10-19(18)21/h6-7,9-10,12-13,15,20-21,23H,8,11,14,16H2,1-5H3,(H,29,32)(H,30,34). The highest BCUT2D eigenvalue weighted by Gasteiger charge is 2.40. The van der Waals surface area contributed by atoms with Crippen molar-refractivity contribution in [2.45, 2.75) is 70.6 Å². The van der Waals surface area contributed by atoms with E-state index in [4.69, 9.17) is 9.47 Å². The zero-order valence-corrected chi connectivity index (χ0v) is 21.6. The molecule has 8 heteroatoms. The minimum absolute atomic E-state index is 0.245. The van der Waals surface area contributed by atoms with Crippen LogP contribution in [-0.2, 0) is 14.3 Å². The molecule has 1 saturated heterocycles. The summed E-state index contributed by atoms with van der Waals surface area (Å²) in [6, 6.07) is 12.0. The van der Waals surface area contributed by atoms with Crippen molar-refractivity contribution in [2.24, 2.45) is 0 Å². The minimum Gasteiger partial charge on any atom is -0.495 e. The minimum atomic E-state index is -0.594. The van der Waals surface area contributed by atoms with Crippen molar-refractivity contribution in [3.63, 3.8) is 0 Å². The molecule has 2 aromatic carbocycles. The Labute approximate surface area is 212 Å². The van der Waals surface area contributed by atoms with Crippen molar-refractivity contribution < 1.29 is 23.9 Å². The molecule has 3 unspecified atom stereocenters. The molecule has 1 fully saturated rings. The normalized spacial score (nSPS) is 21.0. The topological polar surface area (TPSA) is 97.0 Å². The number of anilines is 1. The van der Waals surface area contributed by atoms with Crippen molar-refractivity contribution in [1.82, 2.24) is 10.2 Å². The molecule has 0 saturated carbocycles. The van der Waals surface area contributed by atoms with E-state index < -0.39 is 17.6 Å². The summed E-state index contributed by atoms with van der Waals surface area (Å²) in [5.74, 6) is -0.418. The maximum absolute atomic E-state index is 13.4. The number of amides is 3. The fraction of sp³-hybridized carbons (Fsp3) is 0.464. The summed E-state index contributed by atoms with van der Waals surface area (Å²) in [5.41, 5.74) is 2.76. The van der Waals surface area contributed by atoms with Crippen LogP contribution in [0.5, 0.6) is 5.75 Å². The largest absolute Gasteiger partial charge is 0.495 e. The van der Waals surface area contributed by atoms with Crippen molar-refractivity contribution in [2.75, 3.05) is 19.0 Å². The van der Waals surface area contributed by atoms with E-state index in [0.717, 1.165) is 23.1 Å². The number of ether oxygens (including phenoxy) is 2. The number of carbonyl (C=O) groups is 3. The first-order valence-corrected chi connectivity index (χ1v) is 12.4. The lowest BCUT2D eigenvalue weighted by Crippen LogP contribution is -2.48. The second kappa shape index (κ2) is 10.2. The van der Waals surface area contributed by atoms with E-state index in [1.165, 1.54) is 0 Å². The number of fused-ring (bicyclic) bond motifs is 1. The summed E-state index contributed by atoms with van der Waals surface area (Å²) >= 11 is 0. The van der Waals surface area contributed by atoms with Crippen LogP contribution in [0.15, 0.2) is 42.5 Å². The molecule has 36 heavy (non-hydrogen) atoms. The van der Waals surface area contributed by atoms with Crippen molar-refractivity contribution >= 4 is 23.6 Å². The zero-order valence-electron chi connectivity index (χ0n) is 21.6. The molecule has 192 valence electrons. The van der Waals surface area contributed by atoms with E-state index in [0.29, 0.717) is 30.8 Å². The number of rotatable bonds is 5. The van der Waals surface area contributed by atoms with E-state index in [9.17, 15) is 14.4 Å². The number of hydrogen-bond acceptors (Lipinski definition) is 5. The predicted molar refractivity (Wildman–Crippen MR) is 137 cm³/mol. The fourth-order valence-corrected chi connectivity index (χ4v) is 5.02. The Kier molecular flexibility index (Phi) is 7.24. The van der Waals surface area contributed by atoms with Crippen LogP contribution in [0, 0.1) is 6.92 Å². The Morgan fingerprint density at radius 2 is 1.78 bits per heavy atom. The molecule has 8 nitrogen and oxygen atoms in total. The molecule has 4 rings (SSSR count). The van der Waals surface area contributed by atoms with Gasteiger partial charge in [-0.1, -0.05) is 30.3 Å². The Balaban J connectivity index is 1.46. The summed E-state index contributed by atoms with van der Waals surface area (Å²) in [5, 5.41) is 6.01. The zero-order chi connectivity index (χ0) is 26.0. The van der Waals surface area contributed by atoms with Gasteiger partial charge in [0.2, 0.25) is 5.91 Å². The fourth-order valence-electron chi connectivity index (χ4n) is 5.02. The Morgan fingerprint density at radius 3 is 2.47 bits per heavy atom. The quantitative estimate of drug-likeness (QED) is 0.589. The van der Waals surface area contributed by atoms with Crippen LogP contribution in [0.3, 0.4) is 0 Å². The molecule has 0 spiro atoms. The van der Waals surface area contributed by atoms with Gasteiger partial charge in [-0.05, 0) is 75.8 Å². The first-order valence-electron chi connectivity index (χ1n) is 12.4. The highest BCUT2D eigenvalue weighted by molar-refractivity contribution is 5.98. The summed E-state index contributed by atoms with van der Waals surface area (Å²) in [6.45, 7) is 7.95. The second-order valence-electron chi connectivity index (χ2n) is 10.5. The molecule has 0 radical (unpaired) electrons. The number of nitrogens with one attached hydrogen (secondary N) is 2. The number of hydrogen-bond donors (Lipinski definition) is 2. The Hall–Kier alpha value is -3.55. The van der Waals surface area contributed by atoms with Gasteiger partial charge in [-0.3, -0.25) is 9.59 Å². The van der Waals surface area contributed by atoms with E-state index >= 15 is 0 Å². The second-order valence-corrected chi connectivity index (χ2v) is 10.5. The van der Waals surface area contributed by atoms with Gasteiger partial charge in [-0.2, -0.15) is 0 Å². The molecule has 2 N–H and O–H groups in total. The van der Waals surface area contributed by atoms with Crippen molar-refractivity contribution in [3.8, 4) is 5.75 Å². The number of nitrogens with zero attached hydrogens (tertiary/aromatic N) is 1. The molecule has 0 aromatic heterocycles. The van der Waals surface area contributed by atoms with E-state index in [1.54, 1.807) is 12.0 Å². The van der Waals surface area contributed by atoms with Gasteiger partial charge < -0.3 is 25.0 Å². The molecular formula is C28H35N3O5. The maximum Gasteiger partial charge on any atom is 0.318 e. The van der Waals surface area contributed by atoms with Gasteiger partial charge in [-0.15, -0.1) is 0 Å². The van der Waals surface area contributed by atoms with Gasteiger partial charge in [0.05, 0.1) is 24.8 Å². The number of carbonyl (C=O) groups excluding carboxylic acids is 3. The molecule has 3 amide bonds. The van der Waals surface area contributed by atoms with Crippen LogP contribution in [0.25, 0.3) is 0 Å². The first-order chi connectivity index (χ1) is 17.1. The monoisotopic (exact) mass is 493 g/mol. The average Bonchev–Trinajstić information content (AvgIpc) is 3.44. The van der Waals surface area contributed by atoms with Crippen LogP contribution in [-0.4, -0.2) is 48.1 Å². The molecule has 2 aromatic rings. The molecule has 3 atom stereocenters. The van der Waals surface area contributed by atoms with E-state index in [-0.39, 0.29) is 23.9 Å². The van der Waals surface area contributed by atoms with Gasteiger partial charge in [-0.25, -0.2) is 4.79 Å². The van der Waals surface area contributed by atoms with Crippen molar-refractivity contribution in [1.29, 1.82) is 0 Å². The first kappa shape index (κ1) is 25.5. The molecule has 1 aliphatic heterocycles. The third-order valence-corrected chi connectivity index (χ3v) is 6.64. The third kappa shape index (κ3) is 5.48. The maximum atomic E-state index is 13.4. The smallest absolute Gasteiger partial charge is 0.318 e.